The fourth-order valence-corrected chi connectivity index (χ4v) is 8.24. The van der Waals surface area contributed by atoms with Gasteiger partial charge in [0.1, 0.15) is 18.1 Å². The molecule has 0 unspecified atom stereocenters. The number of carbonyl (C=O) groups excluding carboxylic acids is 2. The van der Waals surface area contributed by atoms with Crippen molar-refractivity contribution in [1.82, 2.24) is 4.90 Å². The average Bonchev–Trinajstić information content (AvgIpc) is 3.11. The van der Waals surface area contributed by atoms with Crippen LogP contribution >= 0.6 is 23.4 Å². The number of amides is 2. The van der Waals surface area contributed by atoms with Crippen molar-refractivity contribution < 1.29 is 19.1 Å². The number of carbonyl (C=O) groups is 2. The predicted molar refractivity (Wildman–Crippen MR) is 142 cm³/mol. The largest absolute Gasteiger partial charge is 0.496 e. The lowest BCUT2D eigenvalue weighted by atomic mass is 9.48. The fourth-order valence-electron chi connectivity index (χ4n) is 7.26. The summed E-state index contributed by atoms with van der Waals surface area (Å²) < 4.78 is 11.3. The van der Waals surface area contributed by atoms with Gasteiger partial charge in [0.25, 0.3) is 11.1 Å². The molecule has 2 amide bonds. The van der Waals surface area contributed by atoms with Crippen LogP contribution in [0.4, 0.5) is 4.79 Å². The maximum absolute atomic E-state index is 13.1. The lowest BCUT2D eigenvalue weighted by Gasteiger charge is -2.57. The summed E-state index contributed by atoms with van der Waals surface area (Å²) in [5, 5.41) is 0.350. The minimum absolute atomic E-state index is 0.190. The Bertz CT molecular complexity index is 1190. The van der Waals surface area contributed by atoms with Crippen molar-refractivity contribution in [2.75, 3.05) is 20.3 Å². The Hall–Kier alpha value is -2.44. The lowest BCUT2D eigenvalue weighted by molar-refractivity contribution is -0.123. The van der Waals surface area contributed by atoms with Crippen LogP contribution in [0.1, 0.15) is 49.7 Å². The van der Waals surface area contributed by atoms with Gasteiger partial charge < -0.3 is 9.47 Å². The van der Waals surface area contributed by atoms with E-state index in [0.29, 0.717) is 15.7 Å². The Balaban J connectivity index is 1.20. The third-order valence-electron chi connectivity index (χ3n) is 8.44. The number of rotatable bonds is 7. The van der Waals surface area contributed by atoms with E-state index in [-0.39, 0.29) is 29.7 Å². The molecule has 36 heavy (non-hydrogen) atoms. The van der Waals surface area contributed by atoms with Gasteiger partial charge in [-0.05, 0) is 121 Å². The Labute approximate surface area is 221 Å². The average molecular weight is 524 g/mol. The van der Waals surface area contributed by atoms with Crippen molar-refractivity contribution in [3.05, 3.63) is 63.5 Å². The molecule has 188 valence electrons. The van der Waals surface area contributed by atoms with Crippen molar-refractivity contribution in [2.24, 2.45) is 17.8 Å². The Kier molecular flexibility index (Phi) is 6.29. The van der Waals surface area contributed by atoms with Gasteiger partial charge in [0.15, 0.2) is 0 Å². The highest BCUT2D eigenvalue weighted by Gasteiger charge is 2.51. The summed E-state index contributed by atoms with van der Waals surface area (Å²) >= 11 is 6.89. The standard InChI is InChI=1S/C29H30ClNO4S/c1-34-25-7-2-22(29-15-18-10-19(16-29)12-20(11-18)17-29)13-21(25)14-26-27(32)31(28(33)36-26)8-9-35-24-5-3-23(30)4-6-24/h2-7,13-14,18-20H,8-12,15-17H2,1H3/b26-14-. The molecule has 4 saturated carbocycles. The molecule has 0 N–H and O–H groups in total. The number of halogens is 1. The Morgan fingerprint density at radius 2 is 1.69 bits per heavy atom. The van der Waals surface area contributed by atoms with Crippen molar-refractivity contribution in [3.8, 4) is 11.5 Å². The zero-order valence-corrected chi connectivity index (χ0v) is 21.9. The van der Waals surface area contributed by atoms with Crippen LogP contribution in [0.2, 0.25) is 5.02 Å². The minimum Gasteiger partial charge on any atom is -0.496 e. The SMILES string of the molecule is COc1ccc(C23CC4CC(CC(C4)C2)C3)cc1/C=C1\SC(=O)N(CCOc2ccc(Cl)cc2)C1=O. The van der Waals surface area contributed by atoms with E-state index in [4.69, 9.17) is 21.1 Å². The molecule has 4 aliphatic carbocycles. The number of hydrogen-bond acceptors (Lipinski definition) is 5. The number of nitrogens with zero attached hydrogens (tertiary/aromatic N) is 1. The summed E-state index contributed by atoms with van der Waals surface area (Å²) in [7, 11) is 1.65. The molecular formula is C29H30ClNO4S. The van der Waals surface area contributed by atoms with Gasteiger partial charge in [0.2, 0.25) is 0 Å². The highest BCUT2D eigenvalue weighted by atomic mass is 35.5. The molecule has 4 bridgehead atoms. The fraction of sp³-hybridized carbons (Fsp3) is 0.448. The van der Waals surface area contributed by atoms with Gasteiger partial charge in [-0.15, -0.1) is 0 Å². The maximum atomic E-state index is 13.1. The van der Waals surface area contributed by atoms with E-state index in [0.717, 1.165) is 40.8 Å². The van der Waals surface area contributed by atoms with Gasteiger partial charge >= 0.3 is 0 Å². The van der Waals surface area contributed by atoms with Crippen molar-refractivity contribution in [2.45, 2.75) is 43.9 Å². The predicted octanol–water partition coefficient (Wildman–Crippen LogP) is 6.93. The van der Waals surface area contributed by atoms with E-state index < -0.39 is 0 Å². The first-order valence-corrected chi connectivity index (χ1v) is 13.9. The first-order valence-electron chi connectivity index (χ1n) is 12.7. The van der Waals surface area contributed by atoms with Crippen LogP contribution in [0, 0.1) is 17.8 Å². The summed E-state index contributed by atoms with van der Waals surface area (Å²) in [6.45, 7) is 0.410. The zero-order valence-electron chi connectivity index (χ0n) is 20.4. The summed E-state index contributed by atoms with van der Waals surface area (Å²) in [6, 6.07) is 13.5. The lowest BCUT2D eigenvalue weighted by Crippen LogP contribution is -2.48. The van der Waals surface area contributed by atoms with Crippen LogP contribution in [0.3, 0.4) is 0 Å². The molecule has 1 heterocycles. The first-order chi connectivity index (χ1) is 17.4. The number of thioether (sulfide) groups is 1. The molecule has 5 nitrogen and oxygen atoms in total. The molecule has 0 atom stereocenters. The van der Waals surface area contributed by atoms with E-state index in [2.05, 4.69) is 12.1 Å². The molecule has 5 fully saturated rings. The molecule has 7 rings (SSSR count). The monoisotopic (exact) mass is 523 g/mol. The number of imide groups is 1. The van der Waals surface area contributed by atoms with Gasteiger partial charge in [-0.25, -0.2) is 0 Å². The van der Waals surface area contributed by atoms with Crippen LogP contribution in [-0.2, 0) is 10.2 Å². The molecular weight excluding hydrogens is 494 g/mol. The summed E-state index contributed by atoms with van der Waals surface area (Å²) in [5.74, 6) is 3.65. The number of hydrogen-bond donors (Lipinski definition) is 0. The van der Waals surface area contributed by atoms with Gasteiger partial charge in [0.05, 0.1) is 18.6 Å². The molecule has 1 saturated heterocycles. The van der Waals surface area contributed by atoms with Gasteiger partial charge in [-0.1, -0.05) is 17.7 Å². The van der Waals surface area contributed by atoms with Crippen LogP contribution in [0.15, 0.2) is 47.4 Å². The van der Waals surface area contributed by atoms with Crippen LogP contribution in [0.25, 0.3) is 6.08 Å². The molecule has 5 aliphatic rings. The van der Waals surface area contributed by atoms with Gasteiger partial charge in [0, 0.05) is 10.6 Å². The summed E-state index contributed by atoms with van der Waals surface area (Å²) in [6.07, 6.45) is 9.85. The second-order valence-corrected chi connectivity index (χ2v) is 12.2. The highest BCUT2D eigenvalue weighted by molar-refractivity contribution is 8.18. The minimum atomic E-state index is -0.285. The molecule has 0 aromatic heterocycles. The van der Waals surface area contributed by atoms with Crippen LogP contribution < -0.4 is 9.47 Å². The normalized spacial score (nSPS) is 29.9. The third-order valence-corrected chi connectivity index (χ3v) is 9.60. The Morgan fingerprint density at radius 1 is 1.03 bits per heavy atom. The number of methoxy groups -OCH3 is 1. The van der Waals surface area contributed by atoms with Crippen molar-refractivity contribution >= 4 is 40.6 Å². The quantitative estimate of drug-likeness (QED) is 0.368. The second-order valence-electron chi connectivity index (χ2n) is 10.8. The maximum Gasteiger partial charge on any atom is 0.293 e. The summed E-state index contributed by atoms with van der Waals surface area (Å²) in [5.41, 5.74) is 2.49. The first kappa shape index (κ1) is 23.9. The van der Waals surface area contributed by atoms with Gasteiger partial charge in [-0.3, -0.25) is 14.5 Å². The molecule has 7 heteroatoms. The van der Waals surface area contributed by atoms with Crippen molar-refractivity contribution in [3.63, 3.8) is 0 Å². The molecule has 2 aromatic rings. The number of ether oxygens (including phenoxy) is 2. The van der Waals surface area contributed by atoms with Crippen LogP contribution in [-0.4, -0.2) is 36.3 Å². The molecule has 0 spiro atoms. The van der Waals surface area contributed by atoms with E-state index in [9.17, 15) is 9.59 Å². The van der Waals surface area contributed by atoms with Crippen molar-refractivity contribution in [1.29, 1.82) is 0 Å². The molecule has 2 aromatic carbocycles. The smallest absolute Gasteiger partial charge is 0.293 e. The summed E-state index contributed by atoms with van der Waals surface area (Å²) in [4.78, 5) is 27.4. The van der Waals surface area contributed by atoms with E-state index in [1.807, 2.05) is 12.1 Å². The highest BCUT2D eigenvalue weighted by Crippen LogP contribution is 2.61. The second kappa shape index (κ2) is 9.46. The third kappa shape index (κ3) is 4.43. The number of benzene rings is 2. The topological polar surface area (TPSA) is 55.8 Å². The molecule has 0 radical (unpaired) electrons. The van der Waals surface area contributed by atoms with E-state index in [1.54, 1.807) is 31.4 Å². The van der Waals surface area contributed by atoms with E-state index in [1.165, 1.54) is 49.0 Å². The van der Waals surface area contributed by atoms with E-state index >= 15 is 0 Å². The molecule has 1 aliphatic heterocycles. The van der Waals surface area contributed by atoms with Gasteiger partial charge in [-0.2, -0.15) is 0 Å². The Morgan fingerprint density at radius 3 is 2.33 bits per heavy atom. The van der Waals surface area contributed by atoms with Crippen LogP contribution in [0.5, 0.6) is 11.5 Å². The zero-order chi connectivity index (χ0) is 24.9.